The molecule has 146 valence electrons. The second kappa shape index (κ2) is 6.31. The lowest BCUT2D eigenvalue weighted by molar-refractivity contribution is -0.167. The normalized spacial score (nSPS) is 40.9. The first kappa shape index (κ1) is 17.7. The Kier molecular flexibility index (Phi) is 4.14. The van der Waals surface area contributed by atoms with Crippen molar-refractivity contribution in [2.45, 2.75) is 57.3 Å². The summed E-state index contributed by atoms with van der Waals surface area (Å²) in [6.07, 6.45) is 8.34. The number of amides is 1. The smallest absolute Gasteiger partial charge is 0.240 e. The Hall–Kier alpha value is -1.39. The van der Waals surface area contributed by atoms with E-state index in [1.807, 2.05) is 0 Å². The van der Waals surface area contributed by atoms with Gasteiger partial charge in [0, 0.05) is 26.2 Å². The molecule has 1 saturated heterocycles. The zero-order valence-electron chi connectivity index (χ0n) is 16.6. The molecular formula is C23H33N3O. The first-order valence-electron chi connectivity index (χ1n) is 10.9. The van der Waals surface area contributed by atoms with Crippen LogP contribution in [0.4, 0.5) is 0 Å². The molecule has 4 bridgehead atoms. The molecule has 4 heteroatoms. The van der Waals surface area contributed by atoms with Crippen LogP contribution in [0, 0.1) is 16.7 Å². The molecule has 0 spiro atoms. The maximum absolute atomic E-state index is 13.6. The van der Waals surface area contributed by atoms with Gasteiger partial charge in [-0.2, -0.15) is 0 Å². The topological polar surface area (TPSA) is 44.4 Å². The van der Waals surface area contributed by atoms with Gasteiger partial charge < -0.3 is 5.32 Å². The van der Waals surface area contributed by atoms with Gasteiger partial charge in [-0.3, -0.25) is 10.2 Å². The Morgan fingerprint density at radius 2 is 1.89 bits per heavy atom. The van der Waals surface area contributed by atoms with E-state index in [-0.39, 0.29) is 10.8 Å². The molecule has 4 aliphatic carbocycles. The lowest BCUT2D eigenvalue weighted by Crippen LogP contribution is -2.64. The van der Waals surface area contributed by atoms with E-state index in [9.17, 15) is 4.79 Å². The van der Waals surface area contributed by atoms with E-state index < -0.39 is 0 Å². The van der Waals surface area contributed by atoms with Crippen molar-refractivity contribution in [3.8, 4) is 0 Å². The molecule has 27 heavy (non-hydrogen) atoms. The third-order valence-corrected chi connectivity index (χ3v) is 8.18. The number of carbonyl (C=O) groups excluding carboxylic acids is 1. The van der Waals surface area contributed by atoms with Crippen molar-refractivity contribution in [3.63, 3.8) is 0 Å². The molecule has 4 atom stereocenters. The Labute approximate surface area is 163 Å². The number of rotatable bonds is 4. The largest absolute Gasteiger partial charge is 0.314 e. The summed E-state index contributed by atoms with van der Waals surface area (Å²) >= 11 is 0. The summed E-state index contributed by atoms with van der Waals surface area (Å²) in [4.78, 5) is 13.6. The third kappa shape index (κ3) is 2.84. The van der Waals surface area contributed by atoms with Crippen LogP contribution in [-0.2, 0) is 10.2 Å². The minimum atomic E-state index is -0.170. The molecule has 1 amide bonds. The quantitative estimate of drug-likeness (QED) is 0.859. The molecule has 1 heterocycles. The molecule has 5 aliphatic rings. The summed E-state index contributed by atoms with van der Waals surface area (Å²) in [7, 11) is 0. The number of hydrogen-bond donors (Lipinski definition) is 2. The van der Waals surface area contributed by atoms with Crippen LogP contribution >= 0.6 is 0 Å². The van der Waals surface area contributed by atoms with Crippen LogP contribution in [0.1, 0.15) is 57.4 Å². The van der Waals surface area contributed by atoms with Gasteiger partial charge in [0.1, 0.15) is 0 Å². The van der Waals surface area contributed by atoms with Crippen molar-refractivity contribution in [3.05, 3.63) is 35.9 Å². The molecule has 0 aromatic heterocycles. The van der Waals surface area contributed by atoms with Crippen LogP contribution in [0.3, 0.4) is 0 Å². The fraction of sp³-hybridized carbons (Fsp3) is 0.696. The fourth-order valence-corrected chi connectivity index (χ4v) is 7.44. The first-order chi connectivity index (χ1) is 13.1. The maximum Gasteiger partial charge on any atom is 0.240 e. The summed E-state index contributed by atoms with van der Waals surface area (Å²) < 4.78 is 0. The van der Waals surface area contributed by atoms with E-state index in [4.69, 9.17) is 0 Å². The molecule has 6 rings (SSSR count). The van der Waals surface area contributed by atoms with Gasteiger partial charge in [0.15, 0.2) is 0 Å². The third-order valence-electron chi connectivity index (χ3n) is 8.18. The van der Waals surface area contributed by atoms with E-state index in [0.717, 1.165) is 45.4 Å². The highest BCUT2D eigenvalue weighted by Gasteiger charge is 2.65. The summed E-state index contributed by atoms with van der Waals surface area (Å²) in [5, 5.41) is 5.52. The number of nitrogens with one attached hydrogen (secondary N) is 2. The molecule has 0 radical (unpaired) electrons. The van der Waals surface area contributed by atoms with E-state index in [1.165, 1.54) is 31.2 Å². The summed E-state index contributed by atoms with van der Waals surface area (Å²) in [6.45, 7) is 6.10. The SMILES string of the molecule is CC[C@]12CC3CC(C(=O)NN4CCNCC4)(C1)C[C@@](c1ccccc1)(C3)C2. The van der Waals surface area contributed by atoms with Crippen LogP contribution in [-0.4, -0.2) is 37.1 Å². The number of carbonyl (C=O) groups is 1. The van der Waals surface area contributed by atoms with Crippen molar-refractivity contribution in [2.75, 3.05) is 26.2 Å². The molecule has 1 aliphatic heterocycles. The molecular weight excluding hydrogens is 334 g/mol. The highest BCUT2D eigenvalue weighted by molar-refractivity contribution is 5.83. The van der Waals surface area contributed by atoms with Gasteiger partial charge in [-0.05, 0) is 60.8 Å². The van der Waals surface area contributed by atoms with Crippen molar-refractivity contribution in [1.29, 1.82) is 0 Å². The Bertz CT molecular complexity index is 716. The summed E-state index contributed by atoms with van der Waals surface area (Å²) in [5.74, 6) is 1.02. The average Bonchev–Trinajstić information content (AvgIpc) is 2.68. The van der Waals surface area contributed by atoms with Crippen LogP contribution in [0.15, 0.2) is 30.3 Å². The van der Waals surface area contributed by atoms with Crippen molar-refractivity contribution < 1.29 is 4.79 Å². The highest BCUT2D eigenvalue weighted by atomic mass is 16.2. The van der Waals surface area contributed by atoms with E-state index in [2.05, 4.69) is 53.0 Å². The van der Waals surface area contributed by atoms with Gasteiger partial charge in [0.2, 0.25) is 5.91 Å². The zero-order valence-corrected chi connectivity index (χ0v) is 16.6. The predicted molar refractivity (Wildman–Crippen MR) is 107 cm³/mol. The zero-order chi connectivity index (χ0) is 18.5. The van der Waals surface area contributed by atoms with Gasteiger partial charge in [0.25, 0.3) is 0 Å². The molecule has 1 aromatic carbocycles. The lowest BCUT2D eigenvalue weighted by Gasteiger charge is -2.66. The molecule has 4 saturated carbocycles. The Morgan fingerprint density at radius 1 is 1.11 bits per heavy atom. The minimum Gasteiger partial charge on any atom is -0.314 e. The number of hydrazine groups is 1. The number of benzene rings is 1. The van der Waals surface area contributed by atoms with Gasteiger partial charge in [-0.25, -0.2) is 5.01 Å². The summed E-state index contributed by atoms with van der Waals surface area (Å²) in [5.41, 5.74) is 5.21. The number of nitrogens with zero attached hydrogens (tertiary/aromatic N) is 1. The van der Waals surface area contributed by atoms with Gasteiger partial charge in [-0.15, -0.1) is 0 Å². The monoisotopic (exact) mass is 367 g/mol. The Morgan fingerprint density at radius 3 is 2.63 bits per heavy atom. The molecule has 2 N–H and O–H groups in total. The standard InChI is InChI=1S/C23H33N3O/c1-2-21-12-18-13-22(15-21,19-6-4-3-5-7-19)17-23(14-18,16-21)20(27)25-26-10-8-24-9-11-26/h3-7,18,24H,2,8-17H2,1H3,(H,25,27)/t18?,21-,22-,23?/m1/s1. The molecule has 4 nitrogen and oxygen atoms in total. The van der Waals surface area contributed by atoms with E-state index in [1.54, 1.807) is 0 Å². The van der Waals surface area contributed by atoms with E-state index >= 15 is 0 Å². The summed E-state index contributed by atoms with van der Waals surface area (Å²) in [6, 6.07) is 11.1. The molecule has 2 unspecified atom stereocenters. The number of piperazine rings is 1. The average molecular weight is 368 g/mol. The number of hydrogen-bond acceptors (Lipinski definition) is 3. The molecule has 5 fully saturated rings. The second-order valence-electron chi connectivity index (χ2n) is 9.97. The van der Waals surface area contributed by atoms with Gasteiger partial charge in [-0.1, -0.05) is 43.7 Å². The van der Waals surface area contributed by atoms with Crippen LogP contribution in [0.25, 0.3) is 0 Å². The van der Waals surface area contributed by atoms with Gasteiger partial charge in [0.05, 0.1) is 5.41 Å². The van der Waals surface area contributed by atoms with Crippen LogP contribution < -0.4 is 10.7 Å². The Balaban J connectivity index is 1.48. The predicted octanol–water partition coefficient (Wildman–Crippen LogP) is 3.24. The van der Waals surface area contributed by atoms with Gasteiger partial charge >= 0.3 is 0 Å². The maximum atomic E-state index is 13.6. The van der Waals surface area contributed by atoms with Crippen molar-refractivity contribution in [1.82, 2.24) is 15.8 Å². The van der Waals surface area contributed by atoms with Crippen LogP contribution in [0.5, 0.6) is 0 Å². The lowest BCUT2D eigenvalue weighted by atomic mass is 9.38. The van der Waals surface area contributed by atoms with E-state index in [0.29, 0.717) is 17.2 Å². The first-order valence-corrected chi connectivity index (χ1v) is 10.9. The molecule has 1 aromatic rings. The minimum absolute atomic E-state index is 0.170. The van der Waals surface area contributed by atoms with Crippen LogP contribution in [0.2, 0.25) is 0 Å². The van der Waals surface area contributed by atoms with Crippen molar-refractivity contribution >= 4 is 5.91 Å². The van der Waals surface area contributed by atoms with Crippen molar-refractivity contribution in [2.24, 2.45) is 16.7 Å². The fourth-order valence-electron chi connectivity index (χ4n) is 7.44. The highest BCUT2D eigenvalue weighted by Crippen LogP contribution is 2.71. The second-order valence-corrected chi connectivity index (χ2v) is 9.97.